The van der Waals surface area contributed by atoms with Gasteiger partial charge in [-0.1, -0.05) is 6.07 Å². The molecule has 1 fully saturated rings. The number of hydrogen-bond acceptors (Lipinski definition) is 7. The summed E-state index contributed by atoms with van der Waals surface area (Å²) in [4.78, 5) is 37.4. The van der Waals surface area contributed by atoms with Gasteiger partial charge in [0, 0.05) is 13.7 Å². The Kier molecular flexibility index (Phi) is 7.05. The van der Waals surface area contributed by atoms with Crippen LogP contribution < -0.4 is 14.8 Å². The maximum Gasteiger partial charge on any atom is 0.294 e. The van der Waals surface area contributed by atoms with E-state index in [4.69, 9.17) is 14.2 Å². The molecular weight excluding hydrogens is 360 g/mol. The zero-order chi connectivity index (χ0) is 19.1. The summed E-state index contributed by atoms with van der Waals surface area (Å²) < 4.78 is 15.2. The highest BCUT2D eigenvalue weighted by Gasteiger charge is 2.36. The lowest BCUT2D eigenvalue weighted by Gasteiger charge is -2.12. The number of imide groups is 1. The number of methoxy groups -OCH3 is 3. The number of carbonyl (C=O) groups is 3. The summed E-state index contributed by atoms with van der Waals surface area (Å²) in [5, 5.41) is 2.09. The molecule has 0 saturated carbocycles. The van der Waals surface area contributed by atoms with Gasteiger partial charge in [-0.05, 0) is 35.5 Å². The Balaban J connectivity index is 2.10. The lowest BCUT2D eigenvalue weighted by Crippen LogP contribution is -2.40. The summed E-state index contributed by atoms with van der Waals surface area (Å²) in [5.41, 5.74) is 0.678. The van der Waals surface area contributed by atoms with Gasteiger partial charge in [-0.25, -0.2) is 0 Å². The van der Waals surface area contributed by atoms with Crippen molar-refractivity contribution in [1.82, 2.24) is 10.2 Å². The molecule has 0 aliphatic carbocycles. The van der Waals surface area contributed by atoms with Gasteiger partial charge in [0.25, 0.3) is 11.1 Å². The molecule has 0 radical (unpaired) electrons. The molecule has 0 spiro atoms. The van der Waals surface area contributed by atoms with Crippen LogP contribution in [0, 0.1) is 0 Å². The zero-order valence-corrected chi connectivity index (χ0v) is 15.6. The number of amides is 3. The molecular formula is C17H20N2O6S. The highest BCUT2D eigenvalue weighted by atomic mass is 32.2. The van der Waals surface area contributed by atoms with Crippen molar-refractivity contribution in [3.8, 4) is 11.5 Å². The smallest absolute Gasteiger partial charge is 0.294 e. The average molecular weight is 380 g/mol. The van der Waals surface area contributed by atoms with Crippen LogP contribution in [0.5, 0.6) is 11.5 Å². The molecule has 1 N–H and O–H groups in total. The van der Waals surface area contributed by atoms with Crippen molar-refractivity contribution in [2.24, 2.45) is 0 Å². The van der Waals surface area contributed by atoms with E-state index in [1.807, 2.05) is 0 Å². The van der Waals surface area contributed by atoms with Gasteiger partial charge in [0.15, 0.2) is 11.5 Å². The van der Waals surface area contributed by atoms with E-state index in [1.54, 1.807) is 24.3 Å². The SMILES string of the molecule is COCCNC(=O)CN1C(=O)S/C(=C\c2ccc(OC)c(OC)c2)C1=O. The fourth-order valence-electron chi connectivity index (χ4n) is 2.22. The van der Waals surface area contributed by atoms with Crippen LogP contribution in [0.3, 0.4) is 0 Å². The minimum atomic E-state index is -0.503. The first-order valence-electron chi connectivity index (χ1n) is 7.73. The van der Waals surface area contributed by atoms with E-state index in [0.717, 1.165) is 16.7 Å². The number of nitrogens with one attached hydrogen (secondary N) is 1. The lowest BCUT2D eigenvalue weighted by molar-refractivity contribution is -0.129. The zero-order valence-electron chi connectivity index (χ0n) is 14.7. The van der Waals surface area contributed by atoms with E-state index in [9.17, 15) is 14.4 Å². The number of ether oxygens (including phenoxy) is 3. The second-order valence-electron chi connectivity index (χ2n) is 5.23. The van der Waals surface area contributed by atoms with Crippen molar-refractivity contribution < 1.29 is 28.6 Å². The summed E-state index contributed by atoms with van der Waals surface area (Å²) in [6.07, 6.45) is 1.58. The van der Waals surface area contributed by atoms with E-state index in [-0.39, 0.29) is 11.4 Å². The molecule has 0 atom stereocenters. The molecule has 1 aliphatic rings. The molecule has 0 bridgehead atoms. The van der Waals surface area contributed by atoms with Gasteiger partial charge in [-0.15, -0.1) is 0 Å². The maximum atomic E-state index is 12.4. The molecule has 1 aromatic carbocycles. The van der Waals surface area contributed by atoms with Crippen LogP contribution in [0.15, 0.2) is 23.1 Å². The summed E-state index contributed by atoms with van der Waals surface area (Å²) in [6.45, 7) is 0.345. The van der Waals surface area contributed by atoms with E-state index < -0.39 is 17.1 Å². The summed E-state index contributed by atoms with van der Waals surface area (Å²) >= 11 is 0.792. The first-order valence-corrected chi connectivity index (χ1v) is 8.54. The molecule has 9 heteroatoms. The Morgan fingerprint density at radius 2 is 1.92 bits per heavy atom. The summed E-state index contributed by atoms with van der Waals surface area (Å²) in [6, 6.07) is 5.15. The molecule has 3 amide bonds. The first kappa shape index (κ1) is 19.8. The third kappa shape index (κ3) is 4.77. The van der Waals surface area contributed by atoms with Gasteiger partial charge in [-0.2, -0.15) is 0 Å². The maximum absolute atomic E-state index is 12.4. The minimum absolute atomic E-state index is 0.243. The van der Waals surface area contributed by atoms with Crippen LogP contribution in [-0.2, 0) is 14.3 Å². The number of carbonyl (C=O) groups excluding carboxylic acids is 3. The van der Waals surface area contributed by atoms with Crippen LogP contribution in [0.2, 0.25) is 0 Å². The third-order valence-corrected chi connectivity index (χ3v) is 4.42. The van der Waals surface area contributed by atoms with Gasteiger partial charge in [-0.3, -0.25) is 19.3 Å². The van der Waals surface area contributed by atoms with Crippen molar-refractivity contribution >= 4 is 34.9 Å². The molecule has 1 aliphatic heterocycles. The Morgan fingerprint density at radius 3 is 2.58 bits per heavy atom. The fourth-order valence-corrected chi connectivity index (χ4v) is 3.06. The van der Waals surface area contributed by atoms with Gasteiger partial charge < -0.3 is 19.5 Å². The van der Waals surface area contributed by atoms with Crippen molar-refractivity contribution in [1.29, 1.82) is 0 Å². The van der Waals surface area contributed by atoms with Crippen LogP contribution in [0.1, 0.15) is 5.56 Å². The predicted octanol–water partition coefficient (Wildman–Crippen LogP) is 1.50. The van der Waals surface area contributed by atoms with E-state index in [0.29, 0.717) is 30.2 Å². The second kappa shape index (κ2) is 9.25. The lowest BCUT2D eigenvalue weighted by atomic mass is 10.2. The quantitative estimate of drug-likeness (QED) is 0.539. The van der Waals surface area contributed by atoms with Gasteiger partial charge >= 0.3 is 0 Å². The summed E-state index contributed by atoms with van der Waals surface area (Å²) in [5.74, 6) is 0.150. The van der Waals surface area contributed by atoms with Gasteiger partial charge in [0.2, 0.25) is 5.91 Å². The van der Waals surface area contributed by atoms with Crippen LogP contribution in [0.4, 0.5) is 4.79 Å². The molecule has 0 unspecified atom stereocenters. The number of rotatable bonds is 8. The van der Waals surface area contributed by atoms with E-state index >= 15 is 0 Å². The molecule has 0 aromatic heterocycles. The van der Waals surface area contributed by atoms with Crippen LogP contribution in [-0.4, -0.2) is 63.0 Å². The Bertz CT molecular complexity index is 734. The summed E-state index contributed by atoms with van der Waals surface area (Å²) in [7, 11) is 4.56. The molecule has 140 valence electrons. The van der Waals surface area contributed by atoms with Gasteiger partial charge in [0.05, 0.1) is 25.7 Å². The Labute approximate surface area is 155 Å². The normalized spacial score (nSPS) is 15.5. The monoisotopic (exact) mass is 380 g/mol. The van der Waals surface area contributed by atoms with Crippen LogP contribution in [0.25, 0.3) is 6.08 Å². The van der Waals surface area contributed by atoms with Crippen molar-refractivity contribution in [3.05, 3.63) is 28.7 Å². The molecule has 26 heavy (non-hydrogen) atoms. The second-order valence-corrected chi connectivity index (χ2v) is 6.22. The van der Waals surface area contributed by atoms with Crippen molar-refractivity contribution in [3.63, 3.8) is 0 Å². The highest BCUT2D eigenvalue weighted by Crippen LogP contribution is 2.34. The average Bonchev–Trinajstić information content (AvgIpc) is 2.89. The molecule has 2 rings (SSSR count). The number of benzene rings is 1. The Hall–Kier alpha value is -2.52. The highest BCUT2D eigenvalue weighted by molar-refractivity contribution is 8.18. The third-order valence-electron chi connectivity index (χ3n) is 3.51. The molecule has 1 heterocycles. The molecule has 1 saturated heterocycles. The Morgan fingerprint density at radius 1 is 1.19 bits per heavy atom. The largest absolute Gasteiger partial charge is 0.493 e. The number of hydrogen-bond donors (Lipinski definition) is 1. The molecule has 8 nitrogen and oxygen atoms in total. The van der Waals surface area contributed by atoms with E-state index in [2.05, 4.69) is 5.32 Å². The van der Waals surface area contributed by atoms with Gasteiger partial charge in [0.1, 0.15) is 6.54 Å². The van der Waals surface area contributed by atoms with Crippen LogP contribution >= 0.6 is 11.8 Å². The standard InChI is InChI=1S/C17H20N2O6S/c1-23-7-6-18-15(20)10-19-16(21)14(26-17(19)22)9-11-4-5-12(24-2)13(8-11)25-3/h4-5,8-9H,6-7,10H2,1-3H3,(H,18,20)/b14-9-. The molecule has 1 aromatic rings. The van der Waals surface area contributed by atoms with Crippen molar-refractivity contribution in [2.75, 3.05) is 41.0 Å². The fraction of sp³-hybridized carbons (Fsp3) is 0.353. The van der Waals surface area contributed by atoms with Crippen molar-refractivity contribution in [2.45, 2.75) is 0 Å². The topological polar surface area (TPSA) is 94.2 Å². The van der Waals surface area contributed by atoms with E-state index in [1.165, 1.54) is 21.3 Å². The first-order chi connectivity index (χ1) is 12.5. The number of nitrogens with zero attached hydrogens (tertiary/aromatic N) is 1. The number of thioether (sulfide) groups is 1. The minimum Gasteiger partial charge on any atom is -0.493 e. The predicted molar refractivity (Wildman–Crippen MR) is 97.1 cm³/mol.